The molecule has 1 aliphatic heterocycles. The van der Waals surface area contributed by atoms with E-state index >= 15 is 0 Å². The van der Waals surface area contributed by atoms with Gasteiger partial charge in [0.15, 0.2) is 0 Å². The minimum absolute atomic E-state index is 0.874. The predicted molar refractivity (Wildman–Crippen MR) is 57.8 cm³/mol. The summed E-state index contributed by atoms with van der Waals surface area (Å²) in [4.78, 5) is 33.9. The first-order valence-corrected chi connectivity index (χ1v) is 8.07. The molecular formula is C6H14O12P2. The van der Waals surface area contributed by atoms with Gasteiger partial charge in [-0.3, -0.25) is 9.05 Å². The first-order chi connectivity index (χ1) is 8.84. The first kappa shape index (κ1) is 18.1. The van der Waals surface area contributed by atoms with Crippen LogP contribution < -0.4 is 0 Å². The summed E-state index contributed by atoms with van der Waals surface area (Å²) in [6.45, 7) is -2.05. The average Bonchev–Trinajstić information content (AvgIpc) is 2.48. The van der Waals surface area contributed by atoms with Gasteiger partial charge in [0.2, 0.25) is 5.79 Å². The van der Waals surface area contributed by atoms with Crippen LogP contribution in [0.5, 0.6) is 0 Å². The molecule has 0 saturated carbocycles. The summed E-state index contributed by atoms with van der Waals surface area (Å²) in [5.41, 5.74) is 0. The monoisotopic (exact) mass is 340 g/mol. The van der Waals surface area contributed by atoms with Gasteiger partial charge in [-0.25, -0.2) is 9.13 Å². The molecule has 0 aromatic carbocycles. The summed E-state index contributed by atoms with van der Waals surface area (Å²) >= 11 is 0. The van der Waals surface area contributed by atoms with E-state index in [9.17, 15) is 24.4 Å². The number of phosphoric acid groups is 2. The fraction of sp³-hybridized carbons (Fsp3) is 1.00. The van der Waals surface area contributed by atoms with Gasteiger partial charge in [0, 0.05) is 0 Å². The Morgan fingerprint density at radius 1 is 1.05 bits per heavy atom. The molecule has 0 aliphatic carbocycles. The Kier molecular flexibility index (Phi) is 5.48. The van der Waals surface area contributed by atoms with Crippen LogP contribution in [0.15, 0.2) is 0 Å². The van der Waals surface area contributed by atoms with Gasteiger partial charge in [0.1, 0.15) is 24.9 Å². The summed E-state index contributed by atoms with van der Waals surface area (Å²) < 4.78 is 33.6. The zero-order chi connectivity index (χ0) is 15.8. The Morgan fingerprint density at radius 2 is 1.55 bits per heavy atom. The Hall–Kier alpha value is 0.0600. The molecule has 0 bridgehead atoms. The molecule has 12 nitrogen and oxygen atoms in total. The average molecular weight is 340 g/mol. The van der Waals surface area contributed by atoms with Crippen molar-refractivity contribution in [1.29, 1.82) is 0 Å². The van der Waals surface area contributed by atoms with Gasteiger partial charge in [-0.1, -0.05) is 0 Å². The van der Waals surface area contributed by atoms with Crippen LogP contribution in [0, 0.1) is 0 Å². The summed E-state index contributed by atoms with van der Waals surface area (Å²) in [7, 11) is -9.82. The molecule has 1 fully saturated rings. The molecule has 1 aliphatic rings. The molecule has 0 radical (unpaired) electrons. The molecule has 1 heterocycles. The second-order valence-electron chi connectivity index (χ2n) is 3.99. The molecule has 0 aromatic heterocycles. The molecule has 7 N–H and O–H groups in total. The van der Waals surface area contributed by atoms with Crippen LogP contribution in [-0.4, -0.2) is 72.2 Å². The maximum atomic E-state index is 10.5. The third-order valence-electron chi connectivity index (χ3n) is 2.37. The van der Waals surface area contributed by atoms with Crippen molar-refractivity contribution in [3.8, 4) is 0 Å². The van der Waals surface area contributed by atoms with Gasteiger partial charge in [-0.15, -0.1) is 0 Å². The zero-order valence-electron chi connectivity index (χ0n) is 9.71. The molecule has 0 unspecified atom stereocenters. The van der Waals surface area contributed by atoms with Gasteiger partial charge in [-0.05, 0) is 0 Å². The van der Waals surface area contributed by atoms with E-state index in [1.165, 1.54) is 0 Å². The molecule has 1 saturated heterocycles. The van der Waals surface area contributed by atoms with Gasteiger partial charge in [0.25, 0.3) is 0 Å². The SMILES string of the molecule is O=P(O)(O)OC[C@@H]1O[C@](O)(COP(=O)(O)O)[C@H](O)[C@@H]1O. The van der Waals surface area contributed by atoms with E-state index in [0.717, 1.165) is 0 Å². The van der Waals surface area contributed by atoms with Crippen molar-refractivity contribution in [3.05, 3.63) is 0 Å². The lowest BCUT2D eigenvalue weighted by atomic mass is 10.1. The molecule has 120 valence electrons. The topological polar surface area (TPSA) is 203 Å². The Morgan fingerprint density at radius 3 is 2.00 bits per heavy atom. The third-order valence-corrected chi connectivity index (χ3v) is 3.32. The van der Waals surface area contributed by atoms with Gasteiger partial charge < -0.3 is 39.6 Å². The van der Waals surface area contributed by atoms with Crippen LogP contribution in [-0.2, 0) is 22.9 Å². The van der Waals surface area contributed by atoms with Crippen molar-refractivity contribution in [2.75, 3.05) is 13.2 Å². The lowest BCUT2D eigenvalue weighted by Gasteiger charge is -2.25. The lowest BCUT2D eigenvalue weighted by molar-refractivity contribution is -0.245. The first-order valence-electron chi connectivity index (χ1n) is 5.00. The molecule has 1 rings (SSSR count). The highest BCUT2D eigenvalue weighted by Crippen LogP contribution is 2.41. The van der Waals surface area contributed by atoms with Crippen molar-refractivity contribution in [2.45, 2.75) is 24.1 Å². The van der Waals surface area contributed by atoms with E-state index in [0.29, 0.717) is 0 Å². The van der Waals surface area contributed by atoms with Crippen LogP contribution in [0.2, 0.25) is 0 Å². The zero-order valence-corrected chi connectivity index (χ0v) is 11.5. The molecule has 20 heavy (non-hydrogen) atoms. The molecular weight excluding hydrogens is 326 g/mol. The van der Waals surface area contributed by atoms with Crippen molar-refractivity contribution in [1.82, 2.24) is 0 Å². The minimum Gasteiger partial charge on any atom is -0.387 e. The summed E-state index contributed by atoms with van der Waals surface area (Å²) in [6.07, 6.45) is -5.38. The summed E-state index contributed by atoms with van der Waals surface area (Å²) in [5, 5.41) is 28.8. The van der Waals surface area contributed by atoms with Crippen LogP contribution >= 0.6 is 15.6 Å². The number of ether oxygens (including phenoxy) is 1. The van der Waals surface area contributed by atoms with Gasteiger partial charge in [-0.2, -0.15) is 0 Å². The Balaban J connectivity index is 2.67. The smallest absolute Gasteiger partial charge is 0.387 e. The fourth-order valence-corrected chi connectivity index (χ4v) is 2.17. The minimum atomic E-state index is -4.96. The molecule has 14 heteroatoms. The van der Waals surface area contributed by atoms with Crippen LogP contribution in [0.3, 0.4) is 0 Å². The fourth-order valence-electron chi connectivity index (χ4n) is 1.47. The maximum absolute atomic E-state index is 10.5. The van der Waals surface area contributed by atoms with E-state index in [2.05, 4.69) is 13.8 Å². The molecule has 4 atom stereocenters. The van der Waals surface area contributed by atoms with Gasteiger partial charge in [0.05, 0.1) is 6.61 Å². The highest BCUT2D eigenvalue weighted by Gasteiger charge is 2.54. The Labute approximate surface area is 112 Å². The Bertz CT molecular complexity index is 428. The van der Waals surface area contributed by atoms with E-state index in [1.54, 1.807) is 0 Å². The number of hydrogen-bond acceptors (Lipinski definition) is 8. The summed E-state index contributed by atoms with van der Waals surface area (Å²) in [6, 6.07) is 0. The van der Waals surface area contributed by atoms with E-state index in [4.69, 9.17) is 19.6 Å². The predicted octanol–water partition coefficient (Wildman–Crippen LogP) is -2.99. The number of hydrogen-bond donors (Lipinski definition) is 7. The lowest BCUT2D eigenvalue weighted by Crippen LogP contribution is -2.46. The van der Waals surface area contributed by atoms with Crippen molar-refractivity contribution in [2.24, 2.45) is 0 Å². The van der Waals surface area contributed by atoms with Crippen LogP contribution in [0.1, 0.15) is 0 Å². The quantitative estimate of drug-likeness (QED) is 0.242. The second-order valence-corrected chi connectivity index (χ2v) is 6.47. The standard InChI is InChI=1S/C6H14O12P2/c7-4-3(1-16-19(10,11)12)18-6(9,5(4)8)2-17-20(13,14)15/h3-5,7-9H,1-2H2,(H2,10,11,12)(H2,13,14,15)/t3-,4+,5+,6+/m0/s1. The number of rotatable bonds is 6. The molecule has 0 amide bonds. The normalized spacial score (nSPS) is 35.5. The van der Waals surface area contributed by atoms with Crippen LogP contribution in [0.4, 0.5) is 0 Å². The second kappa shape index (κ2) is 6.05. The summed E-state index contributed by atoms with van der Waals surface area (Å²) in [5.74, 6) is -2.66. The van der Waals surface area contributed by atoms with Crippen molar-refractivity contribution < 1.29 is 57.8 Å². The molecule has 0 spiro atoms. The molecule has 0 aromatic rings. The van der Waals surface area contributed by atoms with Crippen LogP contribution in [0.25, 0.3) is 0 Å². The number of phosphoric ester groups is 2. The highest BCUT2D eigenvalue weighted by molar-refractivity contribution is 7.46. The highest BCUT2D eigenvalue weighted by atomic mass is 31.2. The third kappa shape index (κ3) is 5.11. The number of aliphatic hydroxyl groups is 3. The van der Waals surface area contributed by atoms with Gasteiger partial charge >= 0.3 is 15.6 Å². The van der Waals surface area contributed by atoms with E-state index in [1.807, 2.05) is 0 Å². The van der Waals surface area contributed by atoms with E-state index < -0.39 is 53.0 Å². The van der Waals surface area contributed by atoms with Crippen molar-refractivity contribution >= 4 is 15.6 Å². The van der Waals surface area contributed by atoms with Crippen molar-refractivity contribution in [3.63, 3.8) is 0 Å². The largest absolute Gasteiger partial charge is 0.469 e. The maximum Gasteiger partial charge on any atom is 0.469 e. The van der Waals surface area contributed by atoms with E-state index in [-0.39, 0.29) is 0 Å². The number of aliphatic hydroxyl groups excluding tert-OH is 2.